The lowest BCUT2D eigenvalue weighted by atomic mass is 10.2. The summed E-state index contributed by atoms with van der Waals surface area (Å²) in [6, 6.07) is 6.95. The van der Waals surface area contributed by atoms with Crippen LogP contribution >= 0.6 is 0 Å². The van der Waals surface area contributed by atoms with Crippen LogP contribution in [0.5, 0.6) is 23.0 Å². The van der Waals surface area contributed by atoms with E-state index < -0.39 is 28.2 Å². The highest BCUT2D eigenvalue weighted by molar-refractivity contribution is 5.97. The number of methoxy groups -OCH3 is 2. The van der Waals surface area contributed by atoms with Gasteiger partial charge in [-0.05, 0) is 31.2 Å². The number of carbonyl (C=O) groups excluding carboxylic acids is 2. The van der Waals surface area contributed by atoms with Crippen molar-refractivity contribution in [3.63, 3.8) is 0 Å². The SMILES string of the molecule is CCOc1cc(/C=N\NC(=O)CNC(=O)c2ccc(OC)c(OC)c2)cc([N+](=O)[O-])c1O. The lowest BCUT2D eigenvalue weighted by Crippen LogP contribution is -2.34. The smallest absolute Gasteiger partial charge is 0.315 e. The van der Waals surface area contributed by atoms with Crippen molar-refractivity contribution < 1.29 is 33.8 Å². The minimum Gasteiger partial charge on any atom is -0.500 e. The second-order valence-electron chi connectivity index (χ2n) is 6.12. The maximum Gasteiger partial charge on any atom is 0.315 e. The molecule has 32 heavy (non-hydrogen) atoms. The van der Waals surface area contributed by atoms with Gasteiger partial charge >= 0.3 is 5.69 Å². The summed E-state index contributed by atoms with van der Waals surface area (Å²) < 4.78 is 15.4. The zero-order valence-electron chi connectivity index (χ0n) is 17.6. The van der Waals surface area contributed by atoms with E-state index in [-0.39, 0.29) is 30.0 Å². The van der Waals surface area contributed by atoms with Crippen molar-refractivity contribution in [1.29, 1.82) is 0 Å². The Morgan fingerprint density at radius 2 is 1.88 bits per heavy atom. The van der Waals surface area contributed by atoms with Gasteiger partial charge in [-0.15, -0.1) is 0 Å². The number of carbonyl (C=O) groups is 2. The zero-order chi connectivity index (χ0) is 23.7. The summed E-state index contributed by atoms with van der Waals surface area (Å²) in [5.41, 5.74) is 2.11. The molecule has 0 unspecified atom stereocenters. The Labute approximate surface area is 182 Å². The molecule has 2 amide bonds. The number of hydrogen-bond acceptors (Lipinski definition) is 9. The molecule has 0 bridgehead atoms. The van der Waals surface area contributed by atoms with E-state index in [0.717, 1.165) is 12.3 Å². The molecule has 12 nitrogen and oxygen atoms in total. The standard InChI is InChI=1S/C20H22N4O8/c1-4-32-17-8-12(7-14(19(17)26)24(28)29)10-22-23-18(25)11-21-20(27)13-5-6-15(30-2)16(9-13)31-3/h5-10,26H,4,11H2,1-3H3,(H,21,27)(H,23,25)/b22-10-. The second kappa shape index (κ2) is 11.2. The molecule has 0 aromatic heterocycles. The number of nitrogens with one attached hydrogen (secondary N) is 2. The minimum absolute atomic E-state index is 0.0864. The molecule has 0 saturated heterocycles. The van der Waals surface area contributed by atoms with Gasteiger partial charge in [-0.3, -0.25) is 19.7 Å². The fraction of sp³-hybridized carbons (Fsp3) is 0.250. The van der Waals surface area contributed by atoms with Crippen molar-refractivity contribution in [1.82, 2.24) is 10.7 Å². The van der Waals surface area contributed by atoms with Crippen LogP contribution in [-0.2, 0) is 4.79 Å². The average molecular weight is 446 g/mol. The maximum atomic E-state index is 12.2. The predicted molar refractivity (Wildman–Crippen MR) is 114 cm³/mol. The highest BCUT2D eigenvalue weighted by Crippen LogP contribution is 2.36. The number of ether oxygens (including phenoxy) is 3. The molecule has 0 aliphatic carbocycles. The van der Waals surface area contributed by atoms with Gasteiger partial charge in [0, 0.05) is 17.2 Å². The van der Waals surface area contributed by atoms with E-state index in [1.807, 2.05) is 0 Å². The van der Waals surface area contributed by atoms with E-state index in [4.69, 9.17) is 14.2 Å². The molecule has 2 aromatic rings. The van der Waals surface area contributed by atoms with E-state index in [0.29, 0.717) is 11.5 Å². The molecule has 0 heterocycles. The van der Waals surface area contributed by atoms with E-state index >= 15 is 0 Å². The first-order chi connectivity index (χ1) is 15.3. The first kappa shape index (κ1) is 23.9. The number of nitrogens with zero attached hydrogens (tertiary/aromatic N) is 2. The van der Waals surface area contributed by atoms with Gasteiger partial charge in [0.25, 0.3) is 11.8 Å². The van der Waals surface area contributed by atoms with Crippen molar-refractivity contribution in [2.24, 2.45) is 5.10 Å². The summed E-state index contributed by atoms with van der Waals surface area (Å²) in [5, 5.41) is 27.1. The molecule has 2 rings (SSSR count). The number of hydrogen-bond donors (Lipinski definition) is 3. The van der Waals surface area contributed by atoms with Gasteiger partial charge in [-0.1, -0.05) is 0 Å². The Morgan fingerprint density at radius 3 is 2.50 bits per heavy atom. The van der Waals surface area contributed by atoms with Gasteiger partial charge in [0.2, 0.25) is 5.75 Å². The molecular weight excluding hydrogens is 424 g/mol. The van der Waals surface area contributed by atoms with Crippen LogP contribution in [0, 0.1) is 10.1 Å². The number of amides is 2. The van der Waals surface area contributed by atoms with Crippen LogP contribution in [0.2, 0.25) is 0 Å². The monoisotopic (exact) mass is 446 g/mol. The van der Waals surface area contributed by atoms with Crippen molar-refractivity contribution in [3.05, 3.63) is 51.6 Å². The van der Waals surface area contributed by atoms with Crippen molar-refractivity contribution in [2.45, 2.75) is 6.92 Å². The normalized spacial score (nSPS) is 10.5. The van der Waals surface area contributed by atoms with Crippen LogP contribution in [0.25, 0.3) is 0 Å². The van der Waals surface area contributed by atoms with E-state index in [9.17, 15) is 24.8 Å². The van der Waals surface area contributed by atoms with Crippen LogP contribution in [0.15, 0.2) is 35.4 Å². The highest BCUT2D eigenvalue weighted by Gasteiger charge is 2.19. The summed E-state index contributed by atoms with van der Waals surface area (Å²) in [6.07, 6.45) is 1.14. The third-order valence-corrected chi connectivity index (χ3v) is 4.03. The molecule has 2 aromatic carbocycles. The molecule has 0 aliphatic rings. The molecule has 170 valence electrons. The van der Waals surface area contributed by atoms with Crippen LogP contribution < -0.4 is 25.0 Å². The average Bonchev–Trinajstić information content (AvgIpc) is 2.78. The minimum atomic E-state index is -0.766. The van der Waals surface area contributed by atoms with Crippen molar-refractivity contribution in [3.8, 4) is 23.0 Å². The van der Waals surface area contributed by atoms with E-state index in [1.165, 1.54) is 32.4 Å². The summed E-state index contributed by atoms with van der Waals surface area (Å²) in [4.78, 5) is 34.5. The molecule has 0 fully saturated rings. The predicted octanol–water partition coefficient (Wildman–Crippen LogP) is 1.60. The summed E-state index contributed by atoms with van der Waals surface area (Å²) in [6.45, 7) is 1.47. The molecule has 12 heteroatoms. The first-order valence-corrected chi connectivity index (χ1v) is 9.27. The molecular formula is C20H22N4O8. The summed E-state index contributed by atoms with van der Waals surface area (Å²) in [7, 11) is 2.90. The topological polar surface area (TPSA) is 162 Å². The third kappa shape index (κ3) is 6.08. The summed E-state index contributed by atoms with van der Waals surface area (Å²) >= 11 is 0. The lowest BCUT2D eigenvalue weighted by molar-refractivity contribution is -0.386. The van der Waals surface area contributed by atoms with E-state index in [2.05, 4.69) is 15.8 Å². The lowest BCUT2D eigenvalue weighted by Gasteiger charge is -2.09. The number of nitro benzene ring substituents is 1. The fourth-order valence-electron chi connectivity index (χ4n) is 2.55. The number of phenolic OH excluding ortho intramolecular Hbond substituents is 1. The van der Waals surface area contributed by atoms with Crippen LogP contribution in [-0.4, -0.2) is 55.4 Å². The molecule has 0 radical (unpaired) electrons. The molecule has 0 atom stereocenters. The maximum absolute atomic E-state index is 12.2. The van der Waals surface area contributed by atoms with Gasteiger partial charge in [0.05, 0.1) is 38.5 Å². The molecule has 0 saturated carbocycles. The third-order valence-electron chi connectivity index (χ3n) is 4.03. The van der Waals surface area contributed by atoms with Gasteiger partial charge in [-0.25, -0.2) is 5.43 Å². The van der Waals surface area contributed by atoms with Gasteiger partial charge in [0.15, 0.2) is 17.2 Å². The Morgan fingerprint density at radius 1 is 1.16 bits per heavy atom. The number of benzene rings is 2. The quantitative estimate of drug-likeness (QED) is 0.282. The van der Waals surface area contributed by atoms with E-state index in [1.54, 1.807) is 13.0 Å². The number of aromatic hydroxyl groups is 1. The van der Waals surface area contributed by atoms with Crippen LogP contribution in [0.1, 0.15) is 22.8 Å². The highest BCUT2D eigenvalue weighted by atomic mass is 16.6. The first-order valence-electron chi connectivity index (χ1n) is 9.27. The fourth-order valence-corrected chi connectivity index (χ4v) is 2.55. The number of phenols is 1. The Hall–Kier alpha value is -4.35. The number of hydrazone groups is 1. The molecule has 0 aliphatic heterocycles. The Bertz CT molecular complexity index is 1040. The van der Waals surface area contributed by atoms with Crippen molar-refractivity contribution >= 4 is 23.7 Å². The molecule has 3 N–H and O–H groups in total. The van der Waals surface area contributed by atoms with Crippen LogP contribution in [0.4, 0.5) is 5.69 Å². The molecule has 0 spiro atoms. The number of rotatable bonds is 10. The van der Waals surface area contributed by atoms with Gasteiger partial charge < -0.3 is 24.6 Å². The summed E-state index contributed by atoms with van der Waals surface area (Å²) in [5.74, 6) is -1.01. The number of nitro groups is 1. The largest absolute Gasteiger partial charge is 0.500 e. The van der Waals surface area contributed by atoms with Gasteiger partial charge in [-0.2, -0.15) is 5.10 Å². The van der Waals surface area contributed by atoms with Crippen molar-refractivity contribution in [2.75, 3.05) is 27.4 Å². The second-order valence-corrected chi connectivity index (χ2v) is 6.12. The van der Waals surface area contributed by atoms with Crippen LogP contribution in [0.3, 0.4) is 0 Å². The Balaban J connectivity index is 1.98. The zero-order valence-corrected chi connectivity index (χ0v) is 17.6. The van der Waals surface area contributed by atoms with Gasteiger partial charge in [0.1, 0.15) is 0 Å². The Kier molecular flexibility index (Phi) is 8.34.